The lowest BCUT2D eigenvalue weighted by Crippen LogP contribution is -2.19. The maximum atomic E-state index is 5.93. The molecular formula is C14H18ClN3OS. The molecule has 2 aromatic heterocycles. The van der Waals surface area contributed by atoms with Crippen LogP contribution >= 0.6 is 23.4 Å². The number of methoxy groups -OCH3 is 1. The van der Waals surface area contributed by atoms with Gasteiger partial charge in [-0.05, 0) is 24.7 Å². The molecule has 0 radical (unpaired) electrons. The maximum absolute atomic E-state index is 5.93. The first kappa shape index (κ1) is 14.0. The van der Waals surface area contributed by atoms with Crippen LogP contribution in [-0.4, -0.2) is 39.0 Å². The lowest BCUT2D eigenvalue weighted by atomic mass is 10.2. The van der Waals surface area contributed by atoms with Gasteiger partial charge >= 0.3 is 0 Å². The van der Waals surface area contributed by atoms with Crippen LogP contribution in [0.3, 0.4) is 0 Å². The highest BCUT2D eigenvalue weighted by Crippen LogP contribution is 2.31. The number of aromatic nitrogens is 3. The van der Waals surface area contributed by atoms with Gasteiger partial charge in [0, 0.05) is 30.2 Å². The van der Waals surface area contributed by atoms with Gasteiger partial charge in [-0.25, -0.2) is 4.98 Å². The second kappa shape index (κ2) is 6.22. The van der Waals surface area contributed by atoms with Gasteiger partial charge in [0.25, 0.3) is 0 Å². The van der Waals surface area contributed by atoms with Crippen LogP contribution < -0.4 is 4.74 Å². The number of alkyl halides is 1. The minimum Gasteiger partial charge on any atom is -0.481 e. The van der Waals surface area contributed by atoms with E-state index < -0.39 is 0 Å². The number of imidazole rings is 1. The fourth-order valence-corrected chi connectivity index (χ4v) is 3.98. The molecule has 1 saturated heterocycles. The van der Waals surface area contributed by atoms with Crippen molar-refractivity contribution in [2.24, 2.45) is 0 Å². The number of pyridine rings is 1. The summed E-state index contributed by atoms with van der Waals surface area (Å²) in [6, 6.07) is 4.31. The first-order chi connectivity index (χ1) is 9.83. The topological polar surface area (TPSA) is 39.9 Å². The zero-order chi connectivity index (χ0) is 13.9. The van der Waals surface area contributed by atoms with Crippen molar-refractivity contribution >= 4 is 34.5 Å². The molecule has 0 spiro atoms. The Morgan fingerprint density at radius 3 is 3.05 bits per heavy atom. The molecule has 3 heterocycles. The average molecular weight is 312 g/mol. The molecule has 0 bridgehead atoms. The Hall–Kier alpha value is -0.940. The quantitative estimate of drug-likeness (QED) is 0.812. The number of halogens is 1. The monoisotopic (exact) mass is 311 g/mol. The van der Waals surface area contributed by atoms with Gasteiger partial charge in [0.15, 0.2) is 5.65 Å². The van der Waals surface area contributed by atoms with Crippen molar-refractivity contribution in [1.82, 2.24) is 14.5 Å². The van der Waals surface area contributed by atoms with Gasteiger partial charge in [-0.3, -0.25) is 0 Å². The van der Waals surface area contributed by atoms with Crippen molar-refractivity contribution in [3.8, 4) is 5.88 Å². The largest absolute Gasteiger partial charge is 0.481 e. The number of fused-ring (bicyclic) bond motifs is 1. The van der Waals surface area contributed by atoms with Crippen LogP contribution in [0.1, 0.15) is 24.7 Å². The molecule has 1 atom stereocenters. The minimum atomic E-state index is 0.469. The van der Waals surface area contributed by atoms with Crippen molar-refractivity contribution in [3.05, 3.63) is 18.0 Å². The smallest absolute Gasteiger partial charge is 0.215 e. The molecule has 0 aliphatic carbocycles. The number of hydrogen-bond donors (Lipinski definition) is 0. The first-order valence-corrected chi connectivity index (χ1v) is 8.58. The molecule has 2 aromatic rings. The lowest BCUT2D eigenvalue weighted by Gasteiger charge is -2.24. The van der Waals surface area contributed by atoms with E-state index in [0.29, 0.717) is 17.8 Å². The van der Waals surface area contributed by atoms with Gasteiger partial charge in [0.1, 0.15) is 11.3 Å². The summed E-state index contributed by atoms with van der Waals surface area (Å²) in [7, 11) is 1.64. The van der Waals surface area contributed by atoms with Crippen molar-refractivity contribution < 1.29 is 4.74 Å². The van der Waals surface area contributed by atoms with Crippen LogP contribution in [0.25, 0.3) is 11.2 Å². The molecule has 6 heteroatoms. The predicted octanol–water partition coefficient (Wildman–Crippen LogP) is 3.29. The SMILES string of the molecule is COc1ccc2nc(CCCl)n(C3CCCSC3)c2n1. The summed E-state index contributed by atoms with van der Waals surface area (Å²) in [5.41, 5.74) is 1.86. The Balaban J connectivity index is 2.10. The van der Waals surface area contributed by atoms with Gasteiger partial charge in [0.2, 0.25) is 5.88 Å². The molecule has 4 nitrogen and oxygen atoms in total. The molecule has 1 aliphatic rings. The lowest BCUT2D eigenvalue weighted by molar-refractivity contribution is 0.398. The highest BCUT2D eigenvalue weighted by atomic mass is 35.5. The van der Waals surface area contributed by atoms with E-state index in [0.717, 1.165) is 29.2 Å². The normalized spacial score (nSPS) is 19.4. The summed E-state index contributed by atoms with van der Waals surface area (Å²) < 4.78 is 7.53. The van der Waals surface area contributed by atoms with E-state index in [1.165, 1.54) is 18.6 Å². The van der Waals surface area contributed by atoms with Crippen LogP contribution in [0.15, 0.2) is 12.1 Å². The zero-order valence-electron chi connectivity index (χ0n) is 11.5. The highest BCUT2D eigenvalue weighted by Gasteiger charge is 2.22. The second-order valence-electron chi connectivity index (χ2n) is 4.90. The van der Waals surface area contributed by atoms with Crippen molar-refractivity contribution in [1.29, 1.82) is 0 Å². The van der Waals surface area contributed by atoms with Gasteiger partial charge in [-0.2, -0.15) is 16.7 Å². The Labute approximate surface area is 127 Å². The standard InChI is InChI=1S/C14H18ClN3OS/c1-19-13-5-4-11-14(17-13)18(12(16-11)6-7-15)10-3-2-8-20-9-10/h4-5,10H,2-3,6-9H2,1H3. The number of aryl methyl sites for hydroxylation is 1. The molecule has 108 valence electrons. The molecular weight excluding hydrogens is 294 g/mol. The van der Waals surface area contributed by atoms with Crippen LogP contribution in [0.2, 0.25) is 0 Å². The summed E-state index contributed by atoms with van der Waals surface area (Å²) in [6.07, 6.45) is 3.22. The summed E-state index contributed by atoms with van der Waals surface area (Å²) in [5, 5.41) is 0. The Morgan fingerprint density at radius 2 is 2.35 bits per heavy atom. The summed E-state index contributed by atoms with van der Waals surface area (Å²) in [5.74, 6) is 4.65. The number of ether oxygens (including phenoxy) is 1. The van der Waals surface area contributed by atoms with Gasteiger partial charge in [-0.15, -0.1) is 11.6 Å². The second-order valence-corrected chi connectivity index (χ2v) is 6.43. The fraction of sp³-hybridized carbons (Fsp3) is 0.571. The minimum absolute atomic E-state index is 0.469. The molecule has 1 fully saturated rings. The molecule has 0 amide bonds. The number of thioether (sulfide) groups is 1. The third kappa shape index (κ3) is 2.61. The molecule has 1 unspecified atom stereocenters. The summed E-state index contributed by atoms with van der Waals surface area (Å²) in [4.78, 5) is 9.30. The van der Waals surface area contributed by atoms with Gasteiger partial charge in [0.05, 0.1) is 7.11 Å². The van der Waals surface area contributed by atoms with Crippen LogP contribution in [-0.2, 0) is 6.42 Å². The predicted molar refractivity (Wildman–Crippen MR) is 84.1 cm³/mol. The molecule has 3 rings (SSSR count). The van der Waals surface area contributed by atoms with Gasteiger partial charge < -0.3 is 9.30 Å². The third-order valence-corrected chi connectivity index (χ3v) is 5.00. The first-order valence-electron chi connectivity index (χ1n) is 6.89. The van der Waals surface area contributed by atoms with E-state index in [2.05, 4.69) is 9.55 Å². The molecule has 0 saturated carbocycles. The zero-order valence-corrected chi connectivity index (χ0v) is 13.1. The van der Waals surface area contributed by atoms with Crippen LogP contribution in [0.4, 0.5) is 0 Å². The van der Waals surface area contributed by atoms with E-state index in [1.54, 1.807) is 7.11 Å². The Kier molecular flexibility index (Phi) is 4.36. The molecule has 0 N–H and O–H groups in total. The highest BCUT2D eigenvalue weighted by molar-refractivity contribution is 7.99. The van der Waals surface area contributed by atoms with E-state index in [-0.39, 0.29) is 0 Å². The van der Waals surface area contributed by atoms with E-state index in [9.17, 15) is 0 Å². The third-order valence-electron chi connectivity index (χ3n) is 3.61. The van der Waals surface area contributed by atoms with E-state index in [4.69, 9.17) is 21.3 Å². The molecule has 0 aromatic carbocycles. The van der Waals surface area contributed by atoms with Crippen LogP contribution in [0.5, 0.6) is 5.88 Å². The van der Waals surface area contributed by atoms with Crippen molar-refractivity contribution in [2.45, 2.75) is 25.3 Å². The Morgan fingerprint density at radius 1 is 1.45 bits per heavy atom. The average Bonchev–Trinajstić information content (AvgIpc) is 2.85. The number of rotatable bonds is 4. The van der Waals surface area contributed by atoms with Crippen LogP contribution in [0, 0.1) is 0 Å². The van der Waals surface area contributed by atoms with Crippen molar-refractivity contribution in [2.75, 3.05) is 24.5 Å². The molecule has 20 heavy (non-hydrogen) atoms. The van der Waals surface area contributed by atoms with E-state index in [1.807, 2.05) is 23.9 Å². The Bertz CT molecular complexity index is 595. The number of nitrogens with zero attached hydrogens (tertiary/aromatic N) is 3. The summed E-state index contributed by atoms with van der Waals surface area (Å²) in [6.45, 7) is 0. The maximum Gasteiger partial charge on any atom is 0.215 e. The number of hydrogen-bond acceptors (Lipinski definition) is 4. The van der Waals surface area contributed by atoms with Gasteiger partial charge in [-0.1, -0.05) is 0 Å². The van der Waals surface area contributed by atoms with E-state index >= 15 is 0 Å². The molecule has 1 aliphatic heterocycles. The van der Waals surface area contributed by atoms with Crippen molar-refractivity contribution in [3.63, 3.8) is 0 Å². The fourth-order valence-electron chi connectivity index (χ4n) is 2.69. The summed E-state index contributed by atoms with van der Waals surface area (Å²) >= 11 is 7.94.